The van der Waals surface area contributed by atoms with Crippen LogP contribution in [-0.4, -0.2) is 31.1 Å². The van der Waals surface area contributed by atoms with E-state index in [0.717, 1.165) is 5.56 Å². The highest BCUT2D eigenvalue weighted by atomic mass is 32.2. The van der Waals surface area contributed by atoms with Crippen molar-refractivity contribution in [2.75, 3.05) is 0 Å². The van der Waals surface area contributed by atoms with Crippen molar-refractivity contribution in [3.05, 3.63) is 60.2 Å². The Balaban J connectivity index is 2.34. The van der Waals surface area contributed by atoms with Crippen LogP contribution in [0.5, 0.6) is 5.75 Å². The number of nitrogens with one attached hydrogen (secondary N) is 1. The third-order valence-electron chi connectivity index (χ3n) is 3.21. The van der Waals surface area contributed by atoms with Crippen LogP contribution in [0.15, 0.2) is 59.5 Å². The second-order valence-electron chi connectivity index (χ2n) is 5.83. The van der Waals surface area contributed by atoms with Crippen LogP contribution < -0.4 is 10.2 Å². The monoisotopic (exact) mass is 392 g/mol. The average Bonchev–Trinajstić information content (AvgIpc) is 2.60. The molecule has 0 aliphatic heterocycles. The second kappa shape index (κ2) is 8.54. The molecule has 0 saturated heterocycles. The molecule has 144 valence electrons. The minimum atomic E-state index is -4.42. The molecule has 2 amide bonds. The van der Waals surface area contributed by atoms with Crippen molar-refractivity contribution in [2.45, 2.75) is 31.8 Å². The first kappa shape index (κ1) is 20.2. The molecule has 8 nitrogen and oxygen atoms in total. The van der Waals surface area contributed by atoms with Crippen LogP contribution in [-0.2, 0) is 14.8 Å². The van der Waals surface area contributed by atoms with Crippen molar-refractivity contribution in [2.24, 2.45) is 0 Å². The zero-order chi connectivity index (χ0) is 20.0. The van der Waals surface area contributed by atoms with Gasteiger partial charge in [-0.25, -0.2) is 15.0 Å². The molecule has 0 aliphatic carbocycles. The number of para-hydroxylation sites is 1. The third kappa shape index (κ3) is 5.45. The Morgan fingerprint density at radius 2 is 1.59 bits per heavy atom. The van der Waals surface area contributed by atoms with Crippen LogP contribution in [0.3, 0.4) is 0 Å². The molecule has 2 aromatic rings. The van der Waals surface area contributed by atoms with Gasteiger partial charge in [-0.1, -0.05) is 40.3 Å². The Morgan fingerprint density at radius 1 is 1.00 bits per heavy atom. The van der Waals surface area contributed by atoms with Crippen LogP contribution in [0.25, 0.3) is 0 Å². The fourth-order valence-electron chi connectivity index (χ4n) is 1.97. The molecule has 0 heterocycles. The van der Waals surface area contributed by atoms with Gasteiger partial charge in [-0.2, -0.15) is 8.42 Å². The predicted molar refractivity (Wildman–Crippen MR) is 97.4 cm³/mol. The van der Waals surface area contributed by atoms with Crippen molar-refractivity contribution in [1.82, 2.24) is 9.84 Å². The van der Waals surface area contributed by atoms with Crippen molar-refractivity contribution < 1.29 is 27.5 Å². The molecule has 0 atom stereocenters. The molecule has 0 aliphatic rings. The summed E-state index contributed by atoms with van der Waals surface area (Å²) in [7, 11) is -4.42. The van der Waals surface area contributed by atoms with Crippen LogP contribution in [0.4, 0.5) is 9.59 Å². The quantitative estimate of drug-likeness (QED) is 0.802. The molecule has 27 heavy (non-hydrogen) atoms. The number of ether oxygens (including phenoxy) is 2. The van der Waals surface area contributed by atoms with E-state index in [1.54, 1.807) is 51.1 Å². The molecule has 0 unspecified atom stereocenters. The molecule has 0 spiro atoms. The van der Waals surface area contributed by atoms with E-state index in [2.05, 4.69) is 0 Å². The number of benzene rings is 2. The Labute approximate surface area is 157 Å². The first-order chi connectivity index (χ1) is 12.7. The van der Waals surface area contributed by atoms with Gasteiger partial charge in [0.15, 0.2) is 0 Å². The number of rotatable bonds is 4. The number of carbonyl (C=O) groups excluding carboxylic acids is 2. The molecule has 0 radical (unpaired) electrons. The molecule has 1 N–H and O–H groups in total. The van der Waals surface area contributed by atoms with Gasteiger partial charge in [-0.05, 0) is 45.0 Å². The highest BCUT2D eigenvalue weighted by Crippen LogP contribution is 2.18. The van der Waals surface area contributed by atoms with E-state index >= 15 is 0 Å². The maximum absolute atomic E-state index is 12.9. The summed E-state index contributed by atoms with van der Waals surface area (Å²) in [5, 5.41) is 0. The largest absolute Gasteiger partial charge is 0.449 e. The standard InChI is InChI=1S/C18H20N2O6S/c1-13(2)25-17(21)19-20(18(22)26-15-7-5-4-6-8-15)27(23,24)16-11-9-14(3)10-12-16/h4-13H,1-3H3,(H,19,21). The number of nitrogens with zero attached hydrogens (tertiary/aromatic N) is 1. The Kier molecular flexibility index (Phi) is 6.40. The number of sulfonamides is 1. The van der Waals surface area contributed by atoms with Crippen LogP contribution in [0, 0.1) is 6.92 Å². The minimum Gasteiger partial charge on any atom is -0.446 e. The van der Waals surface area contributed by atoms with Gasteiger partial charge in [0.05, 0.1) is 11.0 Å². The van der Waals surface area contributed by atoms with Gasteiger partial charge >= 0.3 is 12.2 Å². The highest BCUT2D eigenvalue weighted by molar-refractivity contribution is 7.89. The molecule has 2 aromatic carbocycles. The highest BCUT2D eigenvalue weighted by Gasteiger charge is 2.33. The summed E-state index contributed by atoms with van der Waals surface area (Å²) < 4.78 is 35.7. The Bertz CT molecular complexity index is 895. The number of hydrogen-bond donors (Lipinski definition) is 1. The summed E-state index contributed by atoms with van der Waals surface area (Å²) in [5.41, 5.74) is 2.76. The third-order valence-corrected chi connectivity index (χ3v) is 4.80. The topological polar surface area (TPSA) is 102 Å². The van der Waals surface area contributed by atoms with E-state index in [9.17, 15) is 18.0 Å². The van der Waals surface area contributed by atoms with E-state index < -0.39 is 28.3 Å². The number of amides is 2. The van der Waals surface area contributed by atoms with E-state index in [1.807, 2.05) is 5.43 Å². The van der Waals surface area contributed by atoms with Gasteiger partial charge in [0.2, 0.25) is 0 Å². The predicted octanol–water partition coefficient (Wildman–Crippen LogP) is 3.23. The number of carbonyl (C=O) groups is 2. The van der Waals surface area contributed by atoms with E-state index in [-0.39, 0.29) is 15.1 Å². The lowest BCUT2D eigenvalue weighted by molar-refractivity contribution is 0.0969. The molecule has 0 fully saturated rings. The zero-order valence-electron chi connectivity index (χ0n) is 15.1. The van der Waals surface area contributed by atoms with Gasteiger partial charge in [0, 0.05) is 0 Å². The van der Waals surface area contributed by atoms with Crippen molar-refractivity contribution in [1.29, 1.82) is 0 Å². The van der Waals surface area contributed by atoms with Crippen molar-refractivity contribution in [3.63, 3.8) is 0 Å². The summed E-state index contributed by atoms with van der Waals surface area (Å²) in [6.07, 6.45) is -2.92. The first-order valence-electron chi connectivity index (χ1n) is 8.06. The summed E-state index contributed by atoms with van der Waals surface area (Å²) in [5.74, 6) is 0.116. The van der Waals surface area contributed by atoms with Gasteiger partial charge in [-0.3, -0.25) is 0 Å². The maximum Gasteiger partial charge on any atom is 0.449 e. The smallest absolute Gasteiger partial charge is 0.446 e. The summed E-state index contributed by atoms with van der Waals surface area (Å²) >= 11 is 0. The average molecular weight is 392 g/mol. The Morgan fingerprint density at radius 3 is 2.15 bits per heavy atom. The maximum atomic E-state index is 12.9. The lowest BCUT2D eigenvalue weighted by atomic mass is 10.2. The SMILES string of the molecule is Cc1ccc(S(=O)(=O)N(NC(=O)OC(C)C)C(=O)Oc2ccccc2)cc1. The summed E-state index contributed by atoms with van der Waals surface area (Å²) in [4.78, 5) is 24.2. The zero-order valence-corrected chi connectivity index (χ0v) is 15.9. The van der Waals surface area contributed by atoms with Crippen LogP contribution in [0.1, 0.15) is 19.4 Å². The molecule has 0 aromatic heterocycles. The van der Waals surface area contributed by atoms with Gasteiger partial charge in [0.1, 0.15) is 5.75 Å². The lowest BCUT2D eigenvalue weighted by Gasteiger charge is -2.22. The minimum absolute atomic E-state index is 0.116. The fourth-order valence-corrected chi connectivity index (χ4v) is 3.09. The normalized spacial score (nSPS) is 11.0. The second-order valence-corrected chi connectivity index (χ2v) is 7.62. The molecule has 0 saturated carbocycles. The molecule has 2 rings (SSSR count). The molecule has 0 bridgehead atoms. The van der Waals surface area contributed by atoms with Gasteiger partial charge in [0.25, 0.3) is 10.0 Å². The van der Waals surface area contributed by atoms with Gasteiger partial charge in [-0.15, -0.1) is 0 Å². The summed E-state index contributed by atoms with van der Waals surface area (Å²) in [6, 6.07) is 13.7. The Hall–Kier alpha value is -3.07. The van der Waals surface area contributed by atoms with Crippen molar-refractivity contribution >= 4 is 22.2 Å². The molecular weight excluding hydrogens is 372 g/mol. The first-order valence-corrected chi connectivity index (χ1v) is 9.50. The number of hydrazine groups is 1. The van der Waals surface area contributed by atoms with E-state index in [4.69, 9.17) is 9.47 Å². The fraction of sp³-hybridized carbons (Fsp3) is 0.222. The van der Waals surface area contributed by atoms with E-state index in [1.165, 1.54) is 24.3 Å². The van der Waals surface area contributed by atoms with Crippen LogP contribution >= 0.6 is 0 Å². The molecular formula is C18H20N2O6S. The number of hydrogen-bond acceptors (Lipinski definition) is 6. The number of aryl methyl sites for hydroxylation is 1. The van der Waals surface area contributed by atoms with Crippen LogP contribution in [0.2, 0.25) is 0 Å². The summed E-state index contributed by atoms with van der Waals surface area (Å²) in [6.45, 7) is 4.96. The van der Waals surface area contributed by atoms with Gasteiger partial charge < -0.3 is 9.47 Å². The van der Waals surface area contributed by atoms with E-state index in [0.29, 0.717) is 0 Å². The molecule has 9 heteroatoms. The lowest BCUT2D eigenvalue weighted by Crippen LogP contribution is -2.51. The van der Waals surface area contributed by atoms with Crippen molar-refractivity contribution in [3.8, 4) is 5.75 Å².